The highest BCUT2D eigenvalue weighted by Crippen LogP contribution is 2.24. The third-order valence-corrected chi connectivity index (χ3v) is 4.59. The normalized spacial score (nSPS) is 22.0. The van der Waals surface area contributed by atoms with E-state index in [4.69, 9.17) is 4.74 Å². The molecule has 1 N–H and O–H groups in total. The Labute approximate surface area is 128 Å². The Hall–Kier alpha value is -0.620. The molecule has 0 bridgehead atoms. The molecule has 1 heterocycles. The maximum atomic E-state index is 12.4. The molecule has 0 aromatic rings. The maximum absolute atomic E-state index is 12.4. The van der Waals surface area contributed by atoms with Gasteiger partial charge in [-0.15, -0.1) is 0 Å². The number of ether oxygens (including phenoxy) is 1. The van der Waals surface area contributed by atoms with Crippen LogP contribution < -0.4 is 0 Å². The van der Waals surface area contributed by atoms with Crippen LogP contribution in [0.15, 0.2) is 0 Å². The number of carbonyl (C=O) groups excluding carboxylic acids is 2. The first-order valence-corrected chi connectivity index (χ1v) is 8.13. The average molecular weight is 350 g/mol. The molecular formula is C14H24BrNO4. The minimum Gasteiger partial charge on any atom is -0.447 e. The number of carbonyl (C=O) groups is 2. The number of halogens is 1. The summed E-state index contributed by atoms with van der Waals surface area (Å²) >= 11 is 3.23. The molecule has 2 amide bonds. The molecular weight excluding hydrogens is 326 g/mol. The van der Waals surface area contributed by atoms with Crippen LogP contribution >= 0.6 is 15.9 Å². The molecule has 0 saturated carbocycles. The van der Waals surface area contributed by atoms with Crippen LogP contribution in [-0.4, -0.2) is 45.6 Å². The fourth-order valence-corrected chi connectivity index (χ4v) is 2.71. The zero-order valence-electron chi connectivity index (χ0n) is 12.3. The van der Waals surface area contributed by atoms with E-state index in [0.29, 0.717) is 6.42 Å². The highest BCUT2D eigenvalue weighted by Gasteiger charge is 2.42. The van der Waals surface area contributed by atoms with Crippen LogP contribution in [0, 0.1) is 5.92 Å². The number of hydrogen-bond acceptors (Lipinski definition) is 4. The van der Waals surface area contributed by atoms with Gasteiger partial charge in [-0.25, -0.2) is 9.69 Å². The van der Waals surface area contributed by atoms with Gasteiger partial charge in [0.2, 0.25) is 5.91 Å². The standard InChI is InChI=1S/C14H24BrNO4/c1-4-5-6-7-11(17)12(15)13(18)16-10(9(2)3)8-20-14(16)19/h9-12,17H,4-8H2,1-3H3/t10-,11-,12+/m1/s1. The first kappa shape index (κ1) is 17.4. The van der Waals surface area contributed by atoms with Crippen molar-refractivity contribution in [2.24, 2.45) is 5.92 Å². The maximum Gasteiger partial charge on any atom is 0.417 e. The lowest BCUT2D eigenvalue weighted by atomic mass is 10.0. The first-order chi connectivity index (χ1) is 9.40. The Bertz CT molecular complexity index is 348. The van der Waals surface area contributed by atoms with Crippen molar-refractivity contribution in [3.63, 3.8) is 0 Å². The van der Waals surface area contributed by atoms with Crippen molar-refractivity contribution < 1.29 is 19.4 Å². The lowest BCUT2D eigenvalue weighted by Crippen LogP contribution is -2.48. The molecule has 0 radical (unpaired) electrons. The minimum atomic E-state index is -0.782. The fourth-order valence-electron chi connectivity index (χ4n) is 2.23. The van der Waals surface area contributed by atoms with E-state index >= 15 is 0 Å². The smallest absolute Gasteiger partial charge is 0.417 e. The minimum absolute atomic E-state index is 0.127. The third kappa shape index (κ3) is 4.19. The van der Waals surface area contributed by atoms with Crippen LogP contribution in [0.2, 0.25) is 0 Å². The Morgan fingerprint density at radius 3 is 2.70 bits per heavy atom. The largest absolute Gasteiger partial charge is 0.447 e. The van der Waals surface area contributed by atoms with E-state index in [-0.39, 0.29) is 18.6 Å². The van der Waals surface area contributed by atoms with E-state index in [2.05, 4.69) is 22.9 Å². The van der Waals surface area contributed by atoms with E-state index in [1.54, 1.807) is 0 Å². The highest BCUT2D eigenvalue weighted by atomic mass is 79.9. The molecule has 1 aliphatic heterocycles. The summed E-state index contributed by atoms with van der Waals surface area (Å²) in [6.07, 6.45) is 2.09. The quantitative estimate of drug-likeness (QED) is 0.566. The Morgan fingerprint density at radius 2 is 2.15 bits per heavy atom. The molecule has 0 aliphatic carbocycles. The Balaban J connectivity index is 2.64. The van der Waals surface area contributed by atoms with Gasteiger partial charge < -0.3 is 9.84 Å². The molecule has 5 nitrogen and oxygen atoms in total. The molecule has 116 valence electrons. The van der Waals surface area contributed by atoms with E-state index in [1.165, 1.54) is 0 Å². The summed E-state index contributed by atoms with van der Waals surface area (Å²) in [6, 6.07) is -0.252. The summed E-state index contributed by atoms with van der Waals surface area (Å²) in [5.74, 6) is -0.280. The van der Waals surface area contributed by atoms with Crippen molar-refractivity contribution in [1.82, 2.24) is 4.90 Å². The highest BCUT2D eigenvalue weighted by molar-refractivity contribution is 9.10. The molecule has 1 rings (SSSR count). The zero-order valence-corrected chi connectivity index (χ0v) is 13.9. The van der Waals surface area contributed by atoms with Crippen LogP contribution in [0.5, 0.6) is 0 Å². The van der Waals surface area contributed by atoms with Gasteiger partial charge in [0.05, 0.1) is 12.1 Å². The van der Waals surface area contributed by atoms with Gasteiger partial charge in [-0.2, -0.15) is 0 Å². The van der Waals surface area contributed by atoms with Gasteiger partial charge in [-0.3, -0.25) is 4.79 Å². The van der Waals surface area contributed by atoms with E-state index in [1.807, 2.05) is 13.8 Å². The van der Waals surface area contributed by atoms with Gasteiger partial charge in [0.15, 0.2) is 0 Å². The zero-order chi connectivity index (χ0) is 15.3. The van der Waals surface area contributed by atoms with Crippen molar-refractivity contribution in [1.29, 1.82) is 0 Å². The number of aliphatic hydroxyl groups excluding tert-OH is 1. The van der Waals surface area contributed by atoms with Crippen LogP contribution in [0.4, 0.5) is 4.79 Å². The molecule has 20 heavy (non-hydrogen) atoms. The Morgan fingerprint density at radius 1 is 1.50 bits per heavy atom. The molecule has 1 saturated heterocycles. The number of aliphatic hydroxyl groups is 1. The number of alkyl halides is 1. The molecule has 0 unspecified atom stereocenters. The number of rotatable bonds is 7. The number of amides is 2. The van der Waals surface area contributed by atoms with Gasteiger partial charge in [0, 0.05) is 0 Å². The lowest BCUT2D eigenvalue weighted by molar-refractivity contribution is -0.130. The summed E-state index contributed by atoms with van der Waals surface area (Å²) in [5.41, 5.74) is 0. The van der Waals surface area contributed by atoms with Gasteiger partial charge in [-0.1, -0.05) is 56.0 Å². The van der Waals surface area contributed by atoms with Gasteiger partial charge in [0.1, 0.15) is 11.4 Å². The predicted molar refractivity (Wildman–Crippen MR) is 79.7 cm³/mol. The Kier molecular flexibility index (Phi) is 6.95. The van der Waals surface area contributed by atoms with Crippen LogP contribution in [0.1, 0.15) is 46.5 Å². The molecule has 6 heteroatoms. The lowest BCUT2D eigenvalue weighted by Gasteiger charge is -2.26. The number of hydrogen-bond donors (Lipinski definition) is 1. The SMILES string of the molecule is CCCCC[C@@H](O)[C@H](Br)C(=O)N1C(=O)OC[C@@H]1C(C)C. The van der Waals surface area contributed by atoms with Gasteiger partial charge in [0.25, 0.3) is 0 Å². The number of unbranched alkanes of at least 4 members (excludes halogenated alkanes) is 2. The molecule has 1 fully saturated rings. The molecule has 1 aliphatic rings. The summed E-state index contributed by atoms with van der Waals surface area (Å²) in [7, 11) is 0. The predicted octanol–water partition coefficient (Wildman–Crippen LogP) is 2.69. The second-order valence-electron chi connectivity index (χ2n) is 5.56. The van der Waals surface area contributed by atoms with E-state index < -0.39 is 22.9 Å². The first-order valence-electron chi connectivity index (χ1n) is 7.22. The third-order valence-electron chi connectivity index (χ3n) is 3.59. The van der Waals surface area contributed by atoms with Gasteiger partial charge >= 0.3 is 6.09 Å². The second-order valence-corrected chi connectivity index (χ2v) is 6.55. The summed E-state index contributed by atoms with van der Waals surface area (Å²) < 4.78 is 4.95. The molecule has 0 spiro atoms. The number of cyclic esters (lactones) is 1. The van der Waals surface area contributed by atoms with Crippen molar-refractivity contribution in [3.8, 4) is 0 Å². The van der Waals surface area contributed by atoms with Crippen LogP contribution in [0.25, 0.3) is 0 Å². The average Bonchev–Trinajstić information content (AvgIpc) is 2.79. The van der Waals surface area contributed by atoms with Crippen molar-refractivity contribution >= 4 is 27.9 Å². The monoisotopic (exact) mass is 349 g/mol. The fraction of sp³-hybridized carbons (Fsp3) is 0.857. The number of imide groups is 1. The van der Waals surface area contributed by atoms with Crippen molar-refractivity contribution in [2.75, 3.05) is 6.61 Å². The molecule has 0 aromatic carbocycles. The van der Waals surface area contributed by atoms with E-state index in [0.717, 1.165) is 24.2 Å². The topological polar surface area (TPSA) is 66.8 Å². The van der Waals surface area contributed by atoms with Crippen LogP contribution in [0.3, 0.4) is 0 Å². The van der Waals surface area contributed by atoms with Gasteiger partial charge in [-0.05, 0) is 12.3 Å². The summed E-state index contributed by atoms with van der Waals surface area (Å²) in [4.78, 5) is 24.4. The summed E-state index contributed by atoms with van der Waals surface area (Å²) in [5, 5.41) is 10.0. The van der Waals surface area contributed by atoms with E-state index in [9.17, 15) is 14.7 Å². The molecule has 3 atom stereocenters. The van der Waals surface area contributed by atoms with Crippen LogP contribution in [-0.2, 0) is 9.53 Å². The van der Waals surface area contributed by atoms with Crippen molar-refractivity contribution in [2.45, 2.75) is 63.4 Å². The molecule has 0 aromatic heterocycles. The second kappa shape index (κ2) is 7.98. The number of nitrogens with zero attached hydrogens (tertiary/aromatic N) is 1. The van der Waals surface area contributed by atoms with Crippen molar-refractivity contribution in [3.05, 3.63) is 0 Å². The summed E-state index contributed by atoms with van der Waals surface area (Å²) in [6.45, 7) is 6.19.